The summed E-state index contributed by atoms with van der Waals surface area (Å²) in [7, 11) is 1.29. The molecule has 0 aromatic heterocycles. The molecule has 0 saturated carbocycles. The minimum atomic E-state index is -0.506. The number of ether oxygens (including phenoxy) is 1. The van der Waals surface area contributed by atoms with Crippen LogP contribution in [0.2, 0.25) is 10.0 Å². The summed E-state index contributed by atoms with van der Waals surface area (Å²) < 4.78 is 4.71. The van der Waals surface area contributed by atoms with E-state index in [4.69, 9.17) is 27.9 Å². The third kappa shape index (κ3) is 5.19. The molecule has 0 bridgehead atoms. The average Bonchev–Trinajstić information content (AvgIpc) is 2.61. The Kier molecular flexibility index (Phi) is 6.82. The van der Waals surface area contributed by atoms with Gasteiger partial charge in [0, 0.05) is 6.04 Å². The van der Waals surface area contributed by atoms with E-state index in [-0.39, 0.29) is 18.5 Å². The predicted molar refractivity (Wildman–Crippen MR) is 99.3 cm³/mol. The van der Waals surface area contributed by atoms with Crippen molar-refractivity contribution in [3.63, 3.8) is 0 Å². The van der Waals surface area contributed by atoms with Gasteiger partial charge in [0.1, 0.15) is 0 Å². The fraction of sp³-hybridized carbons (Fsp3) is 0.222. The summed E-state index contributed by atoms with van der Waals surface area (Å²) in [4.78, 5) is 23.9. The predicted octanol–water partition coefficient (Wildman–Crippen LogP) is 4.07. The first kappa shape index (κ1) is 19.2. The standard InChI is InChI=1S/C18H18Cl2N2O3/c1-11(12-7-8-14(19)15(20)9-12)21-10-17(23)22-16-6-4-3-5-13(16)18(24)25-2/h3-9,11,21H,10H2,1-2H3,(H,22,23). The van der Waals surface area contributed by atoms with Crippen LogP contribution < -0.4 is 10.6 Å². The summed E-state index contributed by atoms with van der Waals surface area (Å²) in [5.41, 5.74) is 1.62. The smallest absolute Gasteiger partial charge is 0.339 e. The molecule has 5 nitrogen and oxygen atoms in total. The lowest BCUT2D eigenvalue weighted by Crippen LogP contribution is -2.30. The summed E-state index contributed by atoms with van der Waals surface area (Å²) in [5, 5.41) is 6.75. The summed E-state index contributed by atoms with van der Waals surface area (Å²) >= 11 is 11.9. The van der Waals surface area contributed by atoms with Gasteiger partial charge in [0.2, 0.25) is 5.91 Å². The van der Waals surface area contributed by atoms with Gasteiger partial charge in [0.05, 0.1) is 35.0 Å². The maximum Gasteiger partial charge on any atom is 0.339 e. The van der Waals surface area contributed by atoms with Gasteiger partial charge in [-0.2, -0.15) is 0 Å². The molecule has 0 radical (unpaired) electrons. The summed E-state index contributed by atoms with van der Waals surface area (Å²) in [6.07, 6.45) is 0. The van der Waals surface area contributed by atoms with Crippen molar-refractivity contribution in [1.82, 2.24) is 5.32 Å². The number of halogens is 2. The first-order valence-corrected chi connectivity index (χ1v) is 8.33. The van der Waals surface area contributed by atoms with E-state index in [0.717, 1.165) is 5.56 Å². The molecule has 0 aliphatic heterocycles. The van der Waals surface area contributed by atoms with Crippen molar-refractivity contribution >= 4 is 40.8 Å². The quantitative estimate of drug-likeness (QED) is 0.741. The molecule has 2 N–H and O–H groups in total. The fourth-order valence-electron chi connectivity index (χ4n) is 2.22. The van der Waals surface area contributed by atoms with Crippen molar-refractivity contribution in [3.8, 4) is 0 Å². The van der Waals surface area contributed by atoms with Gasteiger partial charge in [0.25, 0.3) is 0 Å². The highest BCUT2D eigenvalue weighted by Crippen LogP contribution is 2.25. The van der Waals surface area contributed by atoms with Crippen LogP contribution >= 0.6 is 23.2 Å². The zero-order valence-corrected chi connectivity index (χ0v) is 15.3. The van der Waals surface area contributed by atoms with Crippen LogP contribution in [-0.2, 0) is 9.53 Å². The van der Waals surface area contributed by atoms with Gasteiger partial charge in [-0.1, -0.05) is 41.4 Å². The lowest BCUT2D eigenvalue weighted by atomic mass is 10.1. The molecule has 0 heterocycles. The van der Waals surface area contributed by atoms with Crippen LogP contribution in [0.4, 0.5) is 5.69 Å². The van der Waals surface area contributed by atoms with Gasteiger partial charge in [-0.15, -0.1) is 0 Å². The van der Waals surface area contributed by atoms with E-state index in [9.17, 15) is 9.59 Å². The molecule has 1 atom stereocenters. The number of benzene rings is 2. The minimum Gasteiger partial charge on any atom is -0.465 e. The Balaban J connectivity index is 1.97. The topological polar surface area (TPSA) is 67.4 Å². The number of carbonyl (C=O) groups is 2. The Hall–Kier alpha value is -2.08. The Morgan fingerprint density at radius 1 is 1.12 bits per heavy atom. The average molecular weight is 381 g/mol. The van der Waals surface area contributed by atoms with E-state index in [2.05, 4.69) is 10.6 Å². The molecule has 2 aromatic carbocycles. The number of carbonyl (C=O) groups excluding carboxylic acids is 2. The third-order valence-electron chi connectivity index (χ3n) is 3.62. The SMILES string of the molecule is COC(=O)c1ccccc1NC(=O)CNC(C)c1ccc(Cl)c(Cl)c1. The Morgan fingerprint density at radius 2 is 1.84 bits per heavy atom. The molecule has 0 spiro atoms. The largest absolute Gasteiger partial charge is 0.465 e. The highest BCUT2D eigenvalue weighted by Gasteiger charge is 2.14. The second-order valence-electron chi connectivity index (χ2n) is 5.36. The van der Waals surface area contributed by atoms with Crippen molar-refractivity contribution in [3.05, 3.63) is 63.6 Å². The number of hydrogen-bond acceptors (Lipinski definition) is 4. The molecule has 132 valence electrons. The van der Waals surface area contributed by atoms with E-state index >= 15 is 0 Å². The number of methoxy groups -OCH3 is 1. The molecule has 0 aliphatic rings. The van der Waals surface area contributed by atoms with Crippen LogP contribution in [0.25, 0.3) is 0 Å². The molecule has 7 heteroatoms. The highest BCUT2D eigenvalue weighted by molar-refractivity contribution is 6.42. The second kappa shape index (κ2) is 8.85. The lowest BCUT2D eigenvalue weighted by Gasteiger charge is -2.15. The lowest BCUT2D eigenvalue weighted by molar-refractivity contribution is -0.115. The van der Waals surface area contributed by atoms with Crippen molar-refractivity contribution < 1.29 is 14.3 Å². The van der Waals surface area contributed by atoms with Crippen LogP contribution in [0.15, 0.2) is 42.5 Å². The maximum absolute atomic E-state index is 12.2. The van der Waals surface area contributed by atoms with Gasteiger partial charge in [0.15, 0.2) is 0 Å². The van der Waals surface area contributed by atoms with Gasteiger partial charge in [-0.3, -0.25) is 4.79 Å². The van der Waals surface area contributed by atoms with E-state index in [1.807, 2.05) is 13.0 Å². The molecular formula is C18H18Cl2N2O3. The van der Waals surface area contributed by atoms with E-state index in [1.54, 1.807) is 36.4 Å². The fourth-order valence-corrected chi connectivity index (χ4v) is 2.53. The first-order valence-electron chi connectivity index (χ1n) is 7.58. The zero-order chi connectivity index (χ0) is 18.4. The number of hydrogen-bond donors (Lipinski definition) is 2. The van der Waals surface area contributed by atoms with Gasteiger partial charge in [-0.25, -0.2) is 4.79 Å². The molecule has 1 amide bonds. The number of amides is 1. The van der Waals surface area contributed by atoms with Crippen LogP contribution in [0.5, 0.6) is 0 Å². The third-order valence-corrected chi connectivity index (χ3v) is 4.36. The number of anilines is 1. The van der Waals surface area contributed by atoms with Crippen molar-refractivity contribution in [1.29, 1.82) is 0 Å². The molecular weight excluding hydrogens is 363 g/mol. The first-order chi connectivity index (χ1) is 11.9. The molecule has 0 saturated heterocycles. The van der Waals surface area contributed by atoms with Crippen molar-refractivity contribution in [2.45, 2.75) is 13.0 Å². The molecule has 25 heavy (non-hydrogen) atoms. The zero-order valence-electron chi connectivity index (χ0n) is 13.8. The van der Waals surface area contributed by atoms with Crippen LogP contribution in [-0.4, -0.2) is 25.5 Å². The van der Waals surface area contributed by atoms with E-state index < -0.39 is 5.97 Å². The Bertz CT molecular complexity index is 781. The summed E-state index contributed by atoms with van der Waals surface area (Å²) in [6, 6.07) is 11.9. The van der Waals surface area contributed by atoms with Gasteiger partial charge in [-0.05, 0) is 36.8 Å². The Morgan fingerprint density at radius 3 is 2.52 bits per heavy atom. The minimum absolute atomic E-state index is 0.0664. The van der Waals surface area contributed by atoms with Gasteiger partial charge >= 0.3 is 5.97 Å². The number of rotatable bonds is 6. The van der Waals surface area contributed by atoms with E-state index in [0.29, 0.717) is 21.3 Å². The molecule has 2 rings (SSSR count). The maximum atomic E-state index is 12.2. The summed E-state index contributed by atoms with van der Waals surface area (Å²) in [6.45, 7) is 1.98. The van der Waals surface area contributed by atoms with Crippen molar-refractivity contribution in [2.24, 2.45) is 0 Å². The Labute approximate surface area is 156 Å². The number of nitrogens with one attached hydrogen (secondary N) is 2. The van der Waals surface area contributed by atoms with Crippen LogP contribution in [0.3, 0.4) is 0 Å². The number of para-hydroxylation sites is 1. The van der Waals surface area contributed by atoms with Crippen LogP contribution in [0.1, 0.15) is 28.9 Å². The van der Waals surface area contributed by atoms with Crippen molar-refractivity contribution in [2.75, 3.05) is 19.0 Å². The summed E-state index contributed by atoms with van der Waals surface area (Å²) in [5.74, 6) is -0.781. The van der Waals surface area contributed by atoms with Gasteiger partial charge < -0.3 is 15.4 Å². The van der Waals surface area contributed by atoms with E-state index in [1.165, 1.54) is 7.11 Å². The molecule has 1 unspecified atom stereocenters. The number of esters is 1. The normalized spacial score (nSPS) is 11.7. The molecule has 0 aliphatic carbocycles. The molecule has 0 fully saturated rings. The highest BCUT2D eigenvalue weighted by atomic mass is 35.5. The molecule has 2 aromatic rings. The van der Waals surface area contributed by atoms with Crippen LogP contribution in [0, 0.1) is 0 Å². The monoisotopic (exact) mass is 380 g/mol. The second-order valence-corrected chi connectivity index (χ2v) is 6.18.